The van der Waals surface area contributed by atoms with Gasteiger partial charge in [0, 0.05) is 30.7 Å². The molecule has 32 heavy (non-hydrogen) atoms. The number of sulfonamides is 2. The lowest BCUT2D eigenvalue weighted by molar-refractivity contribution is -0.126. The van der Waals surface area contributed by atoms with E-state index in [4.69, 9.17) is 0 Å². The fraction of sp³-hybridized carbons (Fsp3) is 0.381. The third kappa shape index (κ3) is 6.16. The minimum Gasteiger partial charge on any atom is -0.355 e. The molecule has 0 unspecified atom stereocenters. The molecule has 0 aromatic heterocycles. The predicted octanol–water partition coefficient (Wildman–Crippen LogP) is 2.25. The first kappa shape index (κ1) is 24.8. The number of carbonyl (C=O) groups excluding carboxylic acids is 1. The van der Waals surface area contributed by atoms with Gasteiger partial charge in [0.05, 0.1) is 15.7 Å². The van der Waals surface area contributed by atoms with Crippen molar-refractivity contribution < 1.29 is 21.6 Å². The Kier molecular flexibility index (Phi) is 8.10. The molecule has 2 aromatic carbocycles. The number of hydrogen-bond acceptors (Lipinski definition) is 5. The van der Waals surface area contributed by atoms with Crippen LogP contribution in [0.3, 0.4) is 0 Å². The van der Waals surface area contributed by atoms with E-state index in [1.54, 1.807) is 24.3 Å². The standard InChI is InChI=1S/C21H26BrN3O5S2/c1-16-4-8-19(9-5-16)31(27,28)24-13-12-23-21(26)17-3-2-14-25(15-17)32(29,30)20-10-6-18(22)7-11-20/h4-11,17,24H,2-3,12-15H2,1H3,(H,23,26)/t17-/m1/s1. The molecular weight excluding hydrogens is 518 g/mol. The van der Waals surface area contributed by atoms with E-state index in [-0.39, 0.29) is 35.3 Å². The Morgan fingerprint density at radius 2 is 1.62 bits per heavy atom. The molecule has 0 spiro atoms. The van der Waals surface area contributed by atoms with Gasteiger partial charge in [-0.15, -0.1) is 0 Å². The number of amides is 1. The number of nitrogens with zero attached hydrogens (tertiary/aromatic N) is 1. The van der Waals surface area contributed by atoms with Gasteiger partial charge in [-0.25, -0.2) is 21.6 Å². The maximum Gasteiger partial charge on any atom is 0.243 e. The SMILES string of the molecule is Cc1ccc(S(=O)(=O)NCCNC(=O)[C@@H]2CCCN(S(=O)(=O)c3ccc(Br)cc3)C2)cc1. The first-order chi connectivity index (χ1) is 15.1. The Morgan fingerprint density at radius 3 is 2.28 bits per heavy atom. The summed E-state index contributed by atoms with van der Waals surface area (Å²) in [5.74, 6) is -0.766. The number of piperidine rings is 1. The van der Waals surface area contributed by atoms with Gasteiger partial charge in [-0.2, -0.15) is 4.31 Å². The van der Waals surface area contributed by atoms with Crippen molar-refractivity contribution in [1.82, 2.24) is 14.3 Å². The Bertz CT molecular complexity index is 1150. The molecule has 1 fully saturated rings. The summed E-state index contributed by atoms with van der Waals surface area (Å²) in [7, 11) is -7.34. The van der Waals surface area contributed by atoms with Gasteiger partial charge in [0.15, 0.2) is 0 Å². The van der Waals surface area contributed by atoms with Crippen LogP contribution in [0.15, 0.2) is 62.8 Å². The van der Waals surface area contributed by atoms with Crippen LogP contribution >= 0.6 is 15.9 Å². The summed E-state index contributed by atoms with van der Waals surface area (Å²) in [5.41, 5.74) is 0.958. The van der Waals surface area contributed by atoms with Crippen LogP contribution in [-0.2, 0) is 24.8 Å². The summed E-state index contributed by atoms with van der Waals surface area (Å²) in [5, 5.41) is 2.71. The largest absolute Gasteiger partial charge is 0.355 e. The normalized spacial score (nSPS) is 17.8. The van der Waals surface area contributed by atoms with Crippen LogP contribution in [-0.4, -0.2) is 53.2 Å². The Morgan fingerprint density at radius 1 is 1.00 bits per heavy atom. The van der Waals surface area contributed by atoms with Gasteiger partial charge in [-0.05, 0) is 56.2 Å². The van der Waals surface area contributed by atoms with Gasteiger partial charge in [0.2, 0.25) is 26.0 Å². The molecule has 1 atom stereocenters. The third-order valence-corrected chi connectivity index (χ3v) is 9.14. The molecule has 11 heteroatoms. The summed E-state index contributed by atoms with van der Waals surface area (Å²) < 4.78 is 55.0. The molecule has 174 valence electrons. The monoisotopic (exact) mass is 543 g/mol. The second kappa shape index (κ2) is 10.4. The highest BCUT2D eigenvalue weighted by Crippen LogP contribution is 2.25. The van der Waals surface area contributed by atoms with Crippen molar-refractivity contribution in [2.45, 2.75) is 29.6 Å². The molecule has 1 saturated heterocycles. The van der Waals surface area contributed by atoms with Gasteiger partial charge in [0.25, 0.3) is 0 Å². The van der Waals surface area contributed by atoms with Gasteiger partial charge < -0.3 is 5.32 Å². The van der Waals surface area contributed by atoms with Crippen LogP contribution in [0, 0.1) is 12.8 Å². The Labute approximate surface area is 197 Å². The number of nitrogens with one attached hydrogen (secondary N) is 2. The van der Waals surface area contributed by atoms with Crippen molar-refractivity contribution in [3.63, 3.8) is 0 Å². The smallest absolute Gasteiger partial charge is 0.243 e. The van der Waals surface area contributed by atoms with Gasteiger partial charge in [-0.1, -0.05) is 33.6 Å². The molecule has 0 aliphatic carbocycles. The topological polar surface area (TPSA) is 113 Å². The zero-order valence-electron chi connectivity index (χ0n) is 17.6. The van der Waals surface area contributed by atoms with E-state index in [2.05, 4.69) is 26.0 Å². The number of halogens is 1. The fourth-order valence-corrected chi connectivity index (χ4v) is 6.27. The average molecular weight is 544 g/mol. The molecule has 1 heterocycles. The first-order valence-electron chi connectivity index (χ1n) is 10.2. The fourth-order valence-electron chi connectivity index (χ4n) is 3.45. The van der Waals surface area contributed by atoms with Gasteiger partial charge in [-0.3, -0.25) is 4.79 Å². The molecule has 1 amide bonds. The summed E-state index contributed by atoms with van der Waals surface area (Å²) in [6, 6.07) is 12.9. The van der Waals surface area contributed by atoms with E-state index in [0.29, 0.717) is 19.4 Å². The van der Waals surface area contributed by atoms with Gasteiger partial charge in [0.1, 0.15) is 0 Å². The zero-order valence-corrected chi connectivity index (χ0v) is 20.8. The van der Waals surface area contributed by atoms with Crippen LogP contribution in [0.5, 0.6) is 0 Å². The Hall–Kier alpha value is -1.79. The molecule has 0 radical (unpaired) electrons. The van der Waals surface area contributed by atoms with E-state index in [1.165, 1.54) is 28.6 Å². The number of rotatable bonds is 8. The van der Waals surface area contributed by atoms with E-state index in [9.17, 15) is 21.6 Å². The lowest BCUT2D eigenvalue weighted by Gasteiger charge is -2.31. The minimum absolute atomic E-state index is 0.0373. The van der Waals surface area contributed by atoms with Gasteiger partial charge >= 0.3 is 0 Å². The number of aryl methyl sites for hydroxylation is 1. The van der Waals surface area contributed by atoms with Crippen molar-refractivity contribution in [2.24, 2.45) is 5.92 Å². The summed E-state index contributed by atoms with van der Waals surface area (Å²) in [4.78, 5) is 12.9. The van der Waals surface area contributed by atoms with Crippen molar-refractivity contribution in [3.05, 3.63) is 58.6 Å². The van der Waals surface area contributed by atoms with Crippen LogP contribution in [0.1, 0.15) is 18.4 Å². The maximum atomic E-state index is 12.9. The summed E-state index contributed by atoms with van der Waals surface area (Å²) in [6.07, 6.45) is 1.15. The van der Waals surface area contributed by atoms with Crippen LogP contribution in [0.2, 0.25) is 0 Å². The quantitative estimate of drug-likeness (QED) is 0.496. The number of benzene rings is 2. The molecule has 0 bridgehead atoms. The highest BCUT2D eigenvalue weighted by atomic mass is 79.9. The average Bonchev–Trinajstić information content (AvgIpc) is 2.77. The first-order valence-corrected chi connectivity index (χ1v) is 13.9. The second-order valence-electron chi connectivity index (χ2n) is 7.66. The molecule has 8 nitrogen and oxygen atoms in total. The van der Waals surface area contributed by atoms with Crippen molar-refractivity contribution >= 4 is 41.9 Å². The molecular formula is C21H26BrN3O5S2. The molecule has 2 N–H and O–H groups in total. The highest BCUT2D eigenvalue weighted by Gasteiger charge is 2.33. The van der Waals surface area contributed by atoms with E-state index >= 15 is 0 Å². The van der Waals surface area contributed by atoms with E-state index < -0.39 is 26.0 Å². The lowest BCUT2D eigenvalue weighted by atomic mass is 9.99. The number of carbonyl (C=O) groups is 1. The molecule has 1 aliphatic rings. The van der Waals surface area contributed by atoms with Crippen molar-refractivity contribution in [2.75, 3.05) is 26.2 Å². The zero-order chi connectivity index (χ0) is 23.4. The minimum atomic E-state index is -3.68. The van der Waals surface area contributed by atoms with Crippen LogP contribution in [0.25, 0.3) is 0 Å². The maximum absolute atomic E-state index is 12.9. The third-order valence-electron chi connectivity index (χ3n) is 5.25. The lowest BCUT2D eigenvalue weighted by Crippen LogP contribution is -2.46. The van der Waals surface area contributed by atoms with Crippen molar-refractivity contribution in [1.29, 1.82) is 0 Å². The van der Waals surface area contributed by atoms with E-state index in [1.807, 2.05) is 6.92 Å². The summed E-state index contributed by atoms with van der Waals surface area (Å²) >= 11 is 3.29. The predicted molar refractivity (Wildman–Crippen MR) is 125 cm³/mol. The van der Waals surface area contributed by atoms with E-state index in [0.717, 1.165) is 10.0 Å². The van der Waals surface area contributed by atoms with Crippen LogP contribution < -0.4 is 10.0 Å². The van der Waals surface area contributed by atoms with Crippen LogP contribution in [0.4, 0.5) is 0 Å². The molecule has 2 aromatic rings. The number of hydrogen-bond donors (Lipinski definition) is 2. The second-order valence-corrected chi connectivity index (χ2v) is 12.3. The van der Waals surface area contributed by atoms with Crippen molar-refractivity contribution in [3.8, 4) is 0 Å². The molecule has 1 aliphatic heterocycles. The molecule has 3 rings (SSSR count). The Balaban J connectivity index is 1.52. The highest BCUT2D eigenvalue weighted by molar-refractivity contribution is 9.10. The summed E-state index contributed by atoms with van der Waals surface area (Å²) in [6.45, 7) is 2.48. The molecule has 0 saturated carbocycles.